The Morgan fingerprint density at radius 3 is 2.37 bits per heavy atom. The quantitative estimate of drug-likeness (QED) is 0.635. The van der Waals surface area contributed by atoms with E-state index in [-0.39, 0.29) is 13.2 Å². The summed E-state index contributed by atoms with van der Waals surface area (Å²) < 4.78 is 2.00. The molecule has 0 bridgehead atoms. The lowest BCUT2D eigenvalue weighted by molar-refractivity contribution is 0.0860. The molecule has 0 fully saturated rings. The van der Waals surface area contributed by atoms with Crippen LogP contribution in [0, 0.1) is 0 Å². The van der Waals surface area contributed by atoms with Gasteiger partial charge in [-0.15, -0.1) is 0 Å². The molecule has 1 aromatic rings. The molecule has 5 heteroatoms. The van der Waals surface area contributed by atoms with Gasteiger partial charge in [0, 0.05) is 12.7 Å². The molecule has 0 aliphatic heterocycles. The van der Waals surface area contributed by atoms with Gasteiger partial charge in [-0.05, 0) is 25.3 Å². The Bertz CT molecular complexity index is 349. The molecule has 0 saturated heterocycles. The molecule has 1 rings (SSSR count). The van der Waals surface area contributed by atoms with Gasteiger partial charge in [0.15, 0.2) is 0 Å². The summed E-state index contributed by atoms with van der Waals surface area (Å²) >= 11 is 0. The van der Waals surface area contributed by atoms with Gasteiger partial charge in [-0.2, -0.15) is 5.10 Å². The van der Waals surface area contributed by atoms with Crippen molar-refractivity contribution < 1.29 is 10.2 Å². The maximum atomic E-state index is 9.38. The van der Waals surface area contributed by atoms with E-state index in [1.165, 1.54) is 0 Å². The number of aromatic nitrogens is 2. The van der Waals surface area contributed by atoms with Crippen LogP contribution in [0.3, 0.4) is 0 Å². The first-order valence-corrected chi connectivity index (χ1v) is 7.15. The zero-order valence-electron chi connectivity index (χ0n) is 12.3. The van der Waals surface area contributed by atoms with Crippen LogP contribution in [0.1, 0.15) is 51.8 Å². The largest absolute Gasteiger partial charge is 0.394 e. The van der Waals surface area contributed by atoms with Crippen molar-refractivity contribution in [1.29, 1.82) is 0 Å². The van der Waals surface area contributed by atoms with Crippen molar-refractivity contribution in [2.45, 2.75) is 58.2 Å². The van der Waals surface area contributed by atoms with Crippen molar-refractivity contribution in [2.75, 3.05) is 13.2 Å². The topological polar surface area (TPSA) is 70.3 Å². The molecule has 0 saturated carbocycles. The molecule has 110 valence electrons. The van der Waals surface area contributed by atoms with E-state index in [1.807, 2.05) is 23.9 Å². The zero-order valence-corrected chi connectivity index (χ0v) is 12.3. The highest BCUT2D eigenvalue weighted by Crippen LogP contribution is 2.15. The third kappa shape index (κ3) is 4.03. The average molecular weight is 269 g/mol. The van der Waals surface area contributed by atoms with Crippen LogP contribution in [0.25, 0.3) is 0 Å². The molecule has 1 heterocycles. The Morgan fingerprint density at radius 2 is 1.89 bits per heavy atom. The molecular formula is C14H27N3O2. The van der Waals surface area contributed by atoms with Crippen molar-refractivity contribution >= 4 is 0 Å². The SMILES string of the molecule is CCC(CC)n1ccc(CNC(CC)(CO)CO)n1. The lowest BCUT2D eigenvalue weighted by Gasteiger charge is -2.29. The van der Waals surface area contributed by atoms with E-state index in [2.05, 4.69) is 24.3 Å². The van der Waals surface area contributed by atoms with E-state index in [4.69, 9.17) is 0 Å². The monoisotopic (exact) mass is 269 g/mol. The fourth-order valence-corrected chi connectivity index (χ4v) is 2.13. The Hall–Kier alpha value is -0.910. The van der Waals surface area contributed by atoms with Gasteiger partial charge < -0.3 is 15.5 Å². The number of nitrogens with zero attached hydrogens (tertiary/aromatic N) is 2. The molecule has 0 atom stereocenters. The van der Waals surface area contributed by atoms with E-state index >= 15 is 0 Å². The highest BCUT2D eigenvalue weighted by Gasteiger charge is 2.25. The summed E-state index contributed by atoms with van der Waals surface area (Å²) in [7, 11) is 0. The van der Waals surface area contributed by atoms with E-state index in [0.29, 0.717) is 19.0 Å². The summed E-state index contributed by atoms with van der Waals surface area (Å²) in [4.78, 5) is 0. The van der Waals surface area contributed by atoms with Gasteiger partial charge in [-0.25, -0.2) is 0 Å². The van der Waals surface area contributed by atoms with Crippen LogP contribution in [0.5, 0.6) is 0 Å². The van der Waals surface area contributed by atoms with Crippen LogP contribution in [0.4, 0.5) is 0 Å². The maximum absolute atomic E-state index is 9.38. The minimum atomic E-state index is -0.612. The van der Waals surface area contributed by atoms with Gasteiger partial charge in [-0.3, -0.25) is 4.68 Å². The van der Waals surface area contributed by atoms with E-state index in [0.717, 1.165) is 18.5 Å². The van der Waals surface area contributed by atoms with Crippen LogP contribution < -0.4 is 5.32 Å². The number of aliphatic hydroxyl groups excluding tert-OH is 2. The molecule has 3 N–H and O–H groups in total. The molecule has 0 spiro atoms. The van der Waals surface area contributed by atoms with Crippen LogP contribution in [0.2, 0.25) is 0 Å². The molecule has 0 radical (unpaired) electrons. The lowest BCUT2D eigenvalue weighted by Crippen LogP contribution is -2.50. The second kappa shape index (κ2) is 7.62. The normalized spacial score (nSPS) is 12.3. The minimum Gasteiger partial charge on any atom is -0.394 e. The Balaban J connectivity index is 2.63. The van der Waals surface area contributed by atoms with Gasteiger partial charge in [0.25, 0.3) is 0 Å². The van der Waals surface area contributed by atoms with E-state index in [1.54, 1.807) is 0 Å². The summed E-state index contributed by atoms with van der Waals surface area (Å²) in [6.07, 6.45) is 4.81. The molecule has 0 aliphatic rings. The van der Waals surface area contributed by atoms with Gasteiger partial charge in [0.05, 0.1) is 30.5 Å². The first-order valence-electron chi connectivity index (χ1n) is 7.15. The van der Waals surface area contributed by atoms with Gasteiger partial charge in [-0.1, -0.05) is 20.8 Å². The van der Waals surface area contributed by atoms with Crippen LogP contribution in [-0.2, 0) is 6.54 Å². The van der Waals surface area contributed by atoms with Gasteiger partial charge >= 0.3 is 0 Å². The third-order valence-electron chi connectivity index (χ3n) is 3.91. The van der Waals surface area contributed by atoms with Crippen molar-refractivity contribution in [1.82, 2.24) is 15.1 Å². The predicted octanol–water partition coefficient (Wildman–Crippen LogP) is 1.47. The van der Waals surface area contributed by atoms with Crippen molar-refractivity contribution in [2.24, 2.45) is 0 Å². The van der Waals surface area contributed by atoms with Crippen molar-refractivity contribution in [3.63, 3.8) is 0 Å². The number of aliphatic hydroxyl groups is 2. The standard InChI is InChI=1S/C14H27N3O2/c1-4-13(5-2)17-8-7-12(16-17)9-15-14(6-3,10-18)11-19/h7-8,13,15,18-19H,4-6,9-11H2,1-3H3. The smallest absolute Gasteiger partial charge is 0.0762 e. The Labute approximate surface area is 115 Å². The summed E-state index contributed by atoms with van der Waals surface area (Å²) in [6, 6.07) is 2.43. The number of rotatable bonds is 9. The van der Waals surface area contributed by atoms with Crippen LogP contribution in [0.15, 0.2) is 12.3 Å². The summed E-state index contributed by atoms with van der Waals surface area (Å²) in [5.74, 6) is 0. The molecule has 0 aliphatic carbocycles. The first-order chi connectivity index (χ1) is 9.14. The van der Waals surface area contributed by atoms with Gasteiger partial charge in [0.1, 0.15) is 0 Å². The molecule has 1 aromatic heterocycles. The molecule has 0 unspecified atom stereocenters. The van der Waals surface area contributed by atoms with E-state index < -0.39 is 5.54 Å². The van der Waals surface area contributed by atoms with E-state index in [9.17, 15) is 10.2 Å². The number of hydrogen-bond acceptors (Lipinski definition) is 4. The lowest BCUT2D eigenvalue weighted by atomic mass is 9.98. The van der Waals surface area contributed by atoms with Crippen molar-refractivity contribution in [3.8, 4) is 0 Å². The van der Waals surface area contributed by atoms with Crippen molar-refractivity contribution in [3.05, 3.63) is 18.0 Å². The fourth-order valence-electron chi connectivity index (χ4n) is 2.13. The number of hydrogen-bond donors (Lipinski definition) is 3. The van der Waals surface area contributed by atoms with Crippen LogP contribution in [-0.4, -0.2) is 38.7 Å². The second-order valence-electron chi connectivity index (χ2n) is 5.06. The number of nitrogens with one attached hydrogen (secondary N) is 1. The van der Waals surface area contributed by atoms with Crippen LogP contribution >= 0.6 is 0 Å². The summed E-state index contributed by atoms with van der Waals surface area (Å²) in [5.41, 5.74) is 0.324. The first kappa shape index (κ1) is 16.1. The molecule has 0 amide bonds. The molecule has 5 nitrogen and oxygen atoms in total. The summed E-state index contributed by atoms with van der Waals surface area (Å²) in [6.45, 7) is 6.67. The van der Waals surface area contributed by atoms with Gasteiger partial charge in [0.2, 0.25) is 0 Å². The summed E-state index contributed by atoms with van der Waals surface area (Å²) in [5, 5.41) is 26.5. The molecular weight excluding hydrogens is 242 g/mol. The average Bonchev–Trinajstić information content (AvgIpc) is 2.91. The Kier molecular flexibility index (Phi) is 6.48. The highest BCUT2D eigenvalue weighted by molar-refractivity contribution is 5.01. The molecule has 19 heavy (non-hydrogen) atoms. The minimum absolute atomic E-state index is 0.0761. The predicted molar refractivity (Wildman–Crippen MR) is 75.9 cm³/mol. The third-order valence-corrected chi connectivity index (χ3v) is 3.91. The molecule has 0 aromatic carbocycles. The Morgan fingerprint density at radius 1 is 1.26 bits per heavy atom. The second-order valence-corrected chi connectivity index (χ2v) is 5.06. The zero-order chi connectivity index (χ0) is 14.3. The maximum Gasteiger partial charge on any atom is 0.0762 e. The fraction of sp³-hybridized carbons (Fsp3) is 0.786. The highest BCUT2D eigenvalue weighted by atomic mass is 16.3.